The van der Waals surface area contributed by atoms with Gasteiger partial charge in [0.15, 0.2) is 0 Å². The van der Waals surface area contributed by atoms with Gasteiger partial charge < -0.3 is 5.73 Å². The van der Waals surface area contributed by atoms with Crippen molar-refractivity contribution in [3.63, 3.8) is 0 Å². The maximum atomic E-state index is 5.84. The summed E-state index contributed by atoms with van der Waals surface area (Å²) in [5, 5.41) is 0. The second-order valence-corrected chi connectivity index (χ2v) is 6.32. The van der Waals surface area contributed by atoms with Gasteiger partial charge in [0, 0.05) is 18.6 Å². The van der Waals surface area contributed by atoms with Crippen LogP contribution in [0.2, 0.25) is 0 Å². The third-order valence-corrected chi connectivity index (χ3v) is 5.15. The Morgan fingerprint density at radius 3 is 2.59 bits per heavy atom. The Morgan fingerprint density at radius 1 is 1.12 bits per heavy atom. The van der Waals surface area contributed by atoms with Gasteiger partial charge in [-0.05, 0) is 51.0 Å². The van der Waals surface area contributed by atoms with E-state index < -0.39 is 0 Å². The first kappa shape index (κ1) is 13.4. The van der Waals surface area contributed by atoms with E-state index in [1.54, 1.807) is 0 Å². The SMILES string of the molecule is CCC1CCCC(N2CC(CN)CC2C)CC1. The van der Waals surface area contributed by atoms with Crippen LogP contribution in [0.4, 0.5) is 0 Å². The Kier molecular flexibility index (Phi) is 4.87. The van der Waals surface area contributed by atoms with Crippen molar-refractivity contribution in [1.29, 1.82) is 0 Å². The summed E-state index contributed by atoms with van der Waals surface area (Å²) in [5.41, 5.74) is 5.84. The fourth-order valence-corrected chi connectivity index (χ4v) is 3.95. The van der Waals surface area contributed by atoms with Crippen LogP contribution >= 0.6 is 0 Å². The zero-order chi connectivity index (χ0) is 12.3. The van der Waals surface area contributed by atoms with Crippen LogP contribution in [0.1, 0.15) is 58.8 Å². The molecule has 100 valence electrons. The summed E-state index contributed by atoms with van der Waals surface area (Å²) in [6, 6.07) is 1.63. The van der Waals surface area contributed by atoms with E-state index in [4.69, 9.17) is 5.73 Å². The van der Waals surface area contributed by atoms with Crippen LogP contribution in [0, 0.1) is 11.8 Å². The number of hydrogen-bond acceptors (Lipinski definition) is 2. The van der Waals surface area contributed by atoms with Gasteiger partial charge in [-0.1, -0.05) is 26.2 Å². The third kappa shape index (κ3) is 3.23. The van der Waals surface area contributed by atoms with Crippen LogP contribution < -0.4 is 5.73 Å². The van der Waals surface area contributed by atoms with Crippen molar-refractivity contribution < 1.29 is 0 Å². The van der Waals surface area contributed by atoms with Crippen molar-refractivity contribution in [2.24, 2.45) is 17.6 Å². The van der Waals surface area contributed by atoms with E-state index in [-0.39, 0.29) is 0 Å². The lowest BCUT2D eigenvalue weighted by atomic mass is 9.97. The topological polar surface area (TPSA) is 29.3 Å². The Morgan fingerprint density at radius 2 is 1.94 bits per heavy atom. The van der Waals surface area contributed by atoms with E-state index in [0.717, 1.165) is 30.5 Å². The summed E-state index contributed by atoms with van der Waals surface area (Å²) in [7, 11) is 0. The molecule has 2 nitrogen and oxygen atoms in total. The smallest absolute Gasteiger partial charge is 0.00983 e. The highest BCUT2D eigenvalue weighted by atomic mass is 15.2. The molecule has 2 N–H and O–H groups in total. The lowest BCUT2D eigenvalue weighted by molar-refractivity contribution is 0.168. The van der Waals surface area contributed by atoms with Crippen LogP contribution in [0.25, 0.3) is 0 Å². The first-order chi connectivity index (χ1) is 8.24. The van der Waals surface area contributed by atoms with Crippen molar-refractivity contribution >= 4 is 0 Å². The second kappa shape index (κ2) is 6.19. The monoisotopic (exact) mass is 238 g/mol. The van der Waals surface area contributed by atoms with Crippen molar-refractivity contribution in [3.05, 3.63) is 0 Å². The first-order valence-corrected chi connectivity index (χ1v) is 7.70. The molecule has 1 saturated heterocycles. The molecular formula is C15H30N2. The molecule has 0 aromatic carbocycles. The molecule has 1 aliphatic heterocycles. The zero-order valence-corrected chi connectivity index (χ0v) is 11.7. The van der Waals surface area contributed by atoms with Crippen molar-refractivity contribution in [3.8, 4) is 0 Å². The minimum atomic E-state index is 0.759. The highest BCUT2D eigenvalue weighted by Crippen LogP contribution is 2.33. The third-order valence-electron chi connectivity index (χ3n) is 5.15. The van der Waals surface area contributed by atoms with Gasteiger partial charge in [-0.15, -0.1) is 0 Å². The molecule has 1 heterocycles. The molecule has 0 amide bonds. The Bertz CT molecular complexity index is 229. The van der Waals surface area contributed by atoms with Crippen molar-refractivity contribution in [2.75, 3.05) is 13.1 Å². The van der Waals surface area contributed by atoms with Gasteiger partial charge in [-0.3, -0.25) is 4.90 Å². The maximum Gasteiger partial charge on any atom is 0.00983 e. The van der Waals surface area contributed by atoms with E-state index in [9.17, 15) is 0 Å². The van der Waals surface area contributed by atoms with Crippen LogP contribution in [0.5, 0.6) is 0 Å². The predicted molar refractivity (Wildman–Crippen MR) is 74.0 cm³/mol. The summed E-state index contributed by atoms with van der Waals surface area (Å²) in [5.74, 6) is 1.76. The first-order valence-electron chi connectivity index (χ1n) is 7.70. The Hall–Kier alpha value is -0.0800. The highest BCUT2D eigenvalue weighted by molar-refractivity contribution is 4.88. The summed E-state index contributed by atoms with van der Waals surface area (Å²) in [6.45, 7) is 6.90. The zero-order valence-electron chi connectivity index (χ0n) is 11.7. The van der Waals surface area contributed by atoms with Crippen molar-refractivity contribution in [1.82, 2.24) is 4.90 Å². The summed E-state index contributed by atoms with van der Waals surface area (Å²) >= 11 is 0. The summed E-state index contributed by atoms with van der Waals surface area (Å²) in [6.07, 6.45) is 9.93. The number of nitrogens with two attached hydrogens (primary N) is 1. The van der Waals surface area contributed by atoms with Gasteiger partial charge in [0.1, 0.15) is 0 Å². The van der Waals surface area contributed by atoms with Crippen molar-refractivity contribution in [2.45, 2.75) is 70.9 Å². The molecule has 4 unspecified atom stereocenters. The van der Waals surface area contributed by atoms with Crippen LogP contribution in [0.3, 0.4) is 0 Å². The second-order valence-electron chi connectivity index (χ2n) is 6.32. The van der Waals surface area contributed by atoms with E-state index >= 15 is 0 Å². The number of hydrogen-bond donors (Lipinski definition) is 1. The molecule has 1 saturated carbocycles. The predicted octanol–water partition coefficient (Wildman–Crippen LogP) is 3.01. The molecule has 4 atom stereocenters. The number of likely N-dealkylation sites (tertiary alicyclic amines) is 1. The average molecular weight is 238 g/mol. The van der Waals surface area contributed by atoms with Crippen LogP contribution in [-0.2, 0) is 0 Å². The molecule has 0 aromatic rings. The Balaban J connectivity index is 1.89. The fraction of sp³-hybridized carbons (Fsp3) is 1.00. The molecule has 2 fully saturated rings. The molecule has 0 spiro atoms. The molecule has 1 aliphatic carbocycles. The highest BCUT2D eigenvalue weighted by Gasteiger charge is 2.33. The number of rotatable bonds is 3. The number of nitrogens with zero attached hydrogens (tertiary/aromatic N) is 1. The van der Waals surface area contributed by atoms with E-state index in [2.05, 4.69) is 18.7 Å². The van der Waals surface area contributed by atoms with Gasteiger partial charge in [0.25, 0.3) is 0 Å². The van der Waals surface area contributed by atoms with E-state index in [1.165, 1.54) is 51.5 Å². The van der Waals surface area contributed by atoms with Gasteiger partial charge in [-0.2, -0.15) is 0 Å². The maximum absolute atomic E-state index is 5.84. The molecule has 0 bridgehead atoms. The quantitative estimate of drug-likeness (QED) is 0.766. The van der Waals surface area contributed by atoms with Gasteiger partial charge in [0.2, 0.25) is 0 Å². The molecule has 2 heteroatoms. The molecule has 0 aromatic heterocycles. The standard InChI is InChI=1S/C15H30N2/c1-3-13-5-4-6-15(8-7-13)17-11-14(10-16)9-12(17)2/h12-15H,3-11,16H2,1-2H3. The molecule has 0 radical (unpaired) electrons. The summed E-state index contributed by atoms with van der Waals surface area (Å²) in [4.78, 5) is 2.77. The van der Waals surface area contributed by atoms with Gasteiger partial charge >= 0.3 is 0 Å². The molecule has 17 heavy (non-hydrogen) atoms. The lowest BCUT2D eigenvalue weighted by Gasteiger charge is -2.31. The van der Waals surface area contributed by atoms with Crippen LogP contribution in [-0.4, -0.2) is 30.1 Å². The minimum absolute atomic E-state index is 0.759. The Labute approximate surface area is 107 Å². The molecular weight excluding hydrogens is 208 g/mol. The van der Waals surface area contributed by atoms with E-state index in [0.29, 0.717) is 0 Å². The minimum Gasteiger partial charge on any atom is -0.330 e. The van der Waals surface area contributed by atoms with E-state index in [1.807, 2.05) is 0 Å². The van der Waals surface area contributed by atoms with Gasteiger partial charge in [-0.25, -0.2) is 0 Å². The molecule has 2 rings (SSSR count). The average Bonchev–Trinajstić information content (AvgIpc) is 2.58. The molecule has 2 aliphatic rings. The fourth-order valence-electron chi connectivity index (χ4n) is 3.95. The van der Waals surface area contributed by atoms with Crippen LogP contribution in [0.15, 0.2) is 0 Å². The largest absolute Gasteiger partial charge is 0.330 e. The lowest BCUT2D eigenvalue weighted by Crippen LogP contribution is -2.38. The van der Waals surface area contributed by atoms with Gasteiger partial charge in [0.05, 0.1) is 0 Å². The summed E-state index contributed by atoms with van der Waals surface area (Å²) < 4.78 is 0. The normalized spacial score (nSPS) is 40.4.